The average molecular weight is 162 g/mol. The van der Waals surface area contributed by atoms with Gasteiger partial charge in [0.2, 0.25) is 6.36 Å². The van der Waals surface area contributed by atoms with Crippen molar-refractivity contribution >= 4 is 11.6 Å². The third kappa shape index (κ3) is 1.47. The monoisotopic (exact) mass is 162 g/mol. The molecule has 2 unspecified atom stereocenters. The van der Waals surface area contributed by atoms with Crippen LogP contribution in [0.3, 0.4) is 0 Å². The van der Waals surface area contributed by atoms with E-state index in [4.69, 9.17) is 11.6 Å². The zero-order valence-electron chi connectivity index (χ0n) is 3.98. The summed E-state index contributed by atoms with van der Waals surface area (Å²) >= 11 is 4.84. The van der Waals surface area contributed by atoms with Crippen LogP contribution in [-0.2, 0) is 9.47 Å². The molecule has 0 aliphatic carbocycles. The summed E-state index contributed by atoms with van der Waals surface area (Å²) in [4.78, 5) is 0. The fourth-order valence-electron chi connectivity index (χ4n) is 0.397. The van der Waals surface area contributed by atoms with Gasteiger partial charge in [0.15, 0.2) is 5.56 Å². The molecule has 2 nitrogen and oxygen atoms in total. The summed E-state index contributed by atoms with van der Waals surface area (Å²) in [6, 6.07) is 0. The lowest BCUT2D eigenvalue weighted by Crippen LogP contribution is -2.16. The largest absolute Gasteiger partial charge is 0.489 e. The van der Waals surface area contributed by atoms with Gasteiger partial charge in [-0.25, -0.2) is 4.39 Å². The SMILES string of the molecule is FC1OC(F)(F)OC1Cl. The first kappa shape index (κ1) is 7.11. The highest BCUT2D eigenvalue weighted by molar-refractivity contribution is 6.20. The quantitative estimate of drug-likeness (QED) is 0.502. The predicted octanol–water partition coefficient (Wildman–Crippen LogP) is 1.44. The van der Waals surface area contributed by atoms with Gasteiger partial charge in [0.1, 0.15) is 0 Å². The summed E-state index contributed by atoms with van der Waals surface area (Å²) in [5.41, 5.74) is -1.71. The highest BCUT2D eigenvalue weighted by Gasteiger charge is 2.49. The Morgan fingerprint density at radius 3 is 2.00 bits per heavy atom. The Balaban J connectivity index is 2.54. The fraction of sp³-hybridized carbons (Fsp3) is 1.00. The minimum Gasteiger partial charge on any atom is -0.270 e. The number of rotatable bonds is 0. The number of ether oxygens (including phenoxy) is 2. The van der Waals surface area contributed by atoms with Gasteiger partial charge in [-0.3, -0.25) is 9.47 Å². The molecule has 54 valence electrons. The van der Waals surface area contributed by atoms with Gasteiger partial charge in [-0.2, -0.15) is 0 Å². The van der Waals surface area contributed by atoms with E-state index in [0.29, 0.717) is 0 Å². The normalized spacial score (nSPS) is 41.3. The fourth-order valence-corrected chi connectivity index (χ4v) is 0.552. The van der Waals surface area contributed by atoms with E-state index in [1.165, 1.54) is 0 Å². The Morgan fingerprint density at radius 1 is 1.33 bits per heavy atom. The third-order valence-corrected chi connectivity index (χ3v) is 0.993. The van der Waals surface area contributed by atoms with Crippen molar-refractivity contribution in [3.8, 4) is 0 Å². The van der Waals surface area contributed by atoms with Crippen molar-refractivity contribution in [1.82, 2.24) is 0 Å². The molecule has 1 saturated heterocycles. The first-order valence-corrected chi connectivity index (χ1v) is 2.46. The molecular weight excluding hydrogens is 160 g/mol. The summed E-state index contributed by atoms with van der Waals surface area (Å²) in [5.74, 6) is 0. The Labute approximate surface area is 53.5 Å². The Bertz CT molecular complexity index is 108. The van der Waals surface area contributed by atoms with Crippen LogP contribution in [0.5, 0.6) is 0 Å². The molecule has 1 rings (SSSR count). The van der Waals surface area contributed by atoms with Gasteiger partial charge in [-0.15, -0.1) is 8.78 Å². The zero-order valence-corrected chi connectivity index (χ0v) is 4.74. The van der Waals surface area contributed by atoms with Gasteiger partial charge >= 0.3 is 6.29 Å². The minimum absolute atomic E-state index is 1.71. The van der Waals surface area contributed by atoms with Crippen LogP contribution in [-0.4, -0.2) is 18.2 Å². The lowest BCUT2D eigenvalue weighted by Gasteiger charge is -2.02. The first-order chi connectivity index (χ1) is 4.01. The highest BCUT2D eigenvalue weighted by atomic mass is 35.5. The van der Waals surface area contributed by atoms with Crippen LogP contribution in [0.1, 0.15) is 0 Å². The second-order valence-electron chi connectivity index (χ2n) is 1.40. The van der Waals surface area contributed by atoms with Crippen molar-refractivity contribution in [2.45, 2.75) is 18.2 Å². The molecule has 0 saturated carbocycles. The molecule has 0 radical (unpaired) electrons. The van der Waals surface area contributed by atoms with Crippen LogP contribution < -0.4 is 0 Å². The van der Waals surface area contributed by atoms with Crippen LogP contribution in [0, 0.1) is 0 Å². The Hall–Kier alpha value is 0. The van der Waals surface area contributed by atoms with Crippen LogP contribution >= 0.6 is 11.6 Å². The molecule has 0 bridgehead atoms. The van der Waals surface area contributed by atoms with Crippen LogP contribution in [0.25, 0.3) is 0 Å². The second-order valence-corrected chi connectivity index (χ2v) is 1.83. The molecule has 1 heterocycles. The van der Waals surface area contributed by atoms with Crippen molar-refractivity contribution in [3.63, 3.8) is 0 Å². The molecule has 0 spiro atoms. The number of halogens is 4. The van der Waals surface area contributed by atoms with Gasteiger partial charge in [-0.05, 0) is 0 Å². The summed E-state index contributed by atoms with van der Waals surface area (Å²) in [6.45, 7) is 0. The van der Waals surface area contributed by atoms with Gasteiger partial charge in [-0.1, -0.05) is 11.6 Å². The van der Waals surface area contributed by atoms with E-state index in [9.17, 15) is 13.2 Å². The highest BCUT2D eigenvalue weighted by Crippen LogP contribution is 2.33. The Morgan fingerprint density at radius 2 is 1.89 bits per heavy atom. The van der Waals surface area contributed by atoms with E-state index < -0.39 is 18.2 Å². The maximum absolute atomic E-state index is 11.9. The molecule has 0 amide bonds. The lowest BCUT2D eigenvalue weighted by atomic mass is 10.7. The molecule has 0 N–H and O–H groups in total. The van der Waals surface area contributed by atoms with E-state index in [1.54, 1.807) is 0 Å². The van der Waals surface area contributed by atoms with E-state index >= 15 is 0 Å². The van der Waals surface area contributed by atoms with Gasteiger partial charge in [0.05, 0.1) is 0 Å². The molecule has 1 aliphatic rings. The molecule has 1 fully saturated rings. The standard InChI is InChI=1S/C3H2ClF3O2/c4-1-2(5)9-3(6,7)8-1/h1-2H. The summed E-state index contributed by atoms with van der Waals surface area (Å²) in [7, 11) is 0. The molecule has 0 aromatic heterocycles. The van der Waals surface area contributed by atoms with Crippen molar-refractivity contribution in [2.24, 2.45) is 0 Å². The molecule has 0 aromatic rings. The van der Waals surface area contributed by atoms with Gasteiger partial charge in [0, 0.05) is 0 Å². The molecule has 1 aliphatic heterocycles. The zero-order chi connectivity index (χ0) is 7.07. The van der Waals surface area contributed by atoms with Crippen LogP contribution in [0.15, 0.2) is 0 Å². The second kappa shape index (κ2) is 2.00. The molecular formula is C3H2ClF3O2. The first-order valence-electron chi connectivity index (χ1n) is 2.03. The van der Waals surface area contributed by atoms with Crippen molar-refractivity contribution in [2.75, 3.05) is 0 Å². The number of alkyl halides is 4. The van der Waals surface area contributed by atoms with Crippen LogP contribution in [0.4, 0.5) is 13.2 Å². The van der Waals surface area contributed by atoms with Gasteiger partial charge < -0.3 is 0 Å². The smallest absolute Gasteiger partial charge is 0.270 e. The van der Waals surface area contributed by atoms with E-state index in [2.05, 4.69) is 9.47 Å². The van der Waals surface area contributed by atoms with Crippen LogP contribution in [0.2, 0.25) is 0 Å². The third-order valence-electron chi connectivity index (χ3n) is 0.706. The summed E-state index contributed by atoms with van der Waals surface area (Å²) in [5, 5.41) is 0. The number of hydrogen-bond donors (Lipinski definition) is 0. The maximum atomic E-state index is 11.9. The van der Waals surface area contributed by atoms with Gasteiger partial charge in [0.25, 0.3) is 0 Å². The molecule has 6 heteroatoms. The summed E-state index contributed by atoms with van der Waals surface area (Å²) < 4.78 is 42.0. The Kier molecular flexibility index (Phi) is 1.58. The van der Waals surface area contributed by atoms with E-state index in [1.807, 2.05) is 0 Å². The number of hydrogen-bond acceptors (Lipinski definition) is 2. The molecule has 2 atom stereocenters. The van der Waals surface area contributed by atoms with Crippen molar-refractivity contribution < 1.29 is 22.6 Å². The predicted molar refractivity (Wildman–Crippen MR) is 21.7 cm³/mol. The van der Waals surface area contributed by atoms with Crippen molar-refractivity contribution in [3.05, 3.63) is 0 Å². The van der Waals surface area contributed by atoms with E-state index in [0.717, 1.165) is 0 Å². The summed E-state index contributed by atoms with van der Waals surface area (Å²) in [6.07, 6.45) is -6.12. The molecule has 9 heavy (non-hydrogen) atoms. The lowest BCUT2D eigenvalue weighted by molar-refractivity contribution is -0.354. The van der Waals surface area contributed by atoms with E-state index in [-0.39, 0.29) is 0 Å². The molecule has 0 aromatic carbocycles. The topological polar surface area (TPSA) is 18.5 Å². The average Bonchev–Trinajstić information content (AvgIpc) is 1.79. The maximum Gasteiger partial charge on any atom is 0.489 e. The minimum atomic E-state index is -3.87. The van der Waals surface area contributed by atoms with Crippen molar-refractivity contribution in [1.29, 1.82) is 0 Å².